The molecule has 18 heavy (non-hydrogen) atoms. The zero-order valence-electron chi connectivity index (χ0n) is 11.4. The molecule has 3 heteroatoms. The average molecular weight is 268 g/mol. The van der Waals surface area contributed by atoms with Crippen molar-refractivity contribution in [2.45, 2.75) is 45.7 Å². The molecule has 0 spiro atoms. The van der Waals surface area contributed by atoms with Crippen molar-refractivity contribution in [2.75, 3.05) is 5.88 Å². The van der Waals surface area contributed by atoms with Crippen LogP contribution in [0.5, 0.6) is 0 Å². The predicted molar refractivity (Wildman–Crippen MR) is 76.7 cm³/mol. The van der Waals surface area contributed by atoms with Gasteiger partial charge < -0.3 is 4.90 Å². The summed E-state index contributed by atoms with van der Waals surface area (Å²) >= 11 is 5.65. The Labute approximate surface area is 115 Å². The molecule has 0 aliphatic rings. The van der Waals surface area contributed by atoms with Crippen LogP contribution in [0.1, 0.15) is 39.2 Å². The number of nitrogens with zero attached hydrogens (tertiary/aromatic N) is 1. The molecule has 0 aromatic heterocycles. The van der Waals surface area contributed by atoms with Crippen molar-refractivity contribution in [3.8, 4) is 0 Å². The van der Waals surface area contributed by atoms with E-state index in [0.29, 0.717) is 18.8 Å². The van der Waals surface area contributed by atoms with E-state index in [2.05, 4.69) is 20.8 Å². The molecule has 0 radical (unpaired) electrons. The summed E-state index contributed by atoms with van der Waals surface area (Å²) < 4.78 is 0. The molecule has 0 saturated heterocycles. The van der Waals surface area contributed by atoms with Crippen molar-refractivity contribution in [3.63, 3.8) is 0 Å². The highest BCUT2D eigenvalue weighted by molar-refractivity contribution is 6.17. The summed E-state index contributed by atoms with van der Waals surface area (Å²) in [5, 5.41) is 0. The zero-order chi connectivity index (χ0) is 13.6. The monoisotopic (exact) mass is 267 g/mol. The number of halogens is 1. The number of hydrogen-bond acceptors (Lipinski definition) is 1. The molecule has 0 unspecified atom stereocenters. The van der Waals surface area contributed by atoms with Crippen molar-refractivity contribution in [1.29, 1.82) is 0 Å². The van der Waals surface area contributed by atoms with Crippen molar-refractivity contribution in [2.24, 2.45) is 0 Å². The topological polar surface area (TPSA) is 20.3 Å². The van der Waals surface area contributed by atoms with E-state index in [1.807, 2.05) is 35.2 Å². The van der Waals surface area contributed by atoms with E-state index in [9.17, 15) is 4.79 Å². The molecule has 100 valence electrons. The van der Waals surface area contributed by atoms with Gasteiger partial charge in [0.25, 0.3) is 0 Å². The smallest absolute Gasteiger partial charge is 0.223 e. The van der Waals surface area contributed by atoms with E-state index in [-0.39, 0.29) is 11.4 Å². The number of carbonyl (C=O) groups excluding carboxylic acids is 1. The molecule has 2 nitrogen and oxygen atoms in total. The molecular formula is C15H22ClNO. The lowest BCUT2D eigenvalue weighted by atomic mass is 10.0. The third-order valence-corrected chi connectivity index (χ3v) is 3.09. The van der Waals surface area contributed by atoms with Gasteiger partial charge in [0.15, 0.2) is 0 Å². The molecule has 1 amide bonds. The molecular weight excluding hydrogens is 246 g/mol. The Bertz CT molecular complexity index is 370. The molecule has 1 rings (SSSR count). The van der Waals surface area contributed by atoms with Crippen LogP contribution in [0.15, 0.2) is 30.3 Å². The Morgan fingerprint density at radius 1 is 1.22 bits per heavy atom. The Hall–Kier alpha value is -1.02. The summed E-state index contributed by atoms with van der Waals surface area (Å²) in [6.07, 6.45) is 1.26. The molecule has 0 aliphatic carbocycles. The Morgan fingerprint density at radius 2 is 1.83 bits per heavy atom. The molecule has 1 aromatic rings. The molecule has 1 aromatic carbocycles. The van der Waals surface area contributed by atoms with Crippen LogP contribution in [0.2, 0.25) is 0 Å². The number of benzene rings is 1. The van der Waals surface area contributed by atoms with Gasteiger partial charge >= 0.3 is 0 Å². The highest BCUT2D eigenvalue weighted by atomic mass is 35.5. The fraction of sp³-hybridized carbons (Fsp3) is 0.533. The minimum atomic E-state index is -0.167. The van der Waals surface area contributed by atoms with E-state index in [4.69, 9.17) is 11.6 Å². The molecule has 0 saturated carbocycles. The largest absolute Gasteiger partial charge is 0.334 e. The van der Waals surface area contributed by atoms with Crippen LogP contribution in [0.3, 0.4) is 0 Å². The number of alkyl halides is 1. The third kappa shape index (κ3) is 4.69. The Balaban J connectivity index is 2.77. The number of rotatable bonds is 5. The highest BCUT2D eigenvalue weighted by Crippen LogP contribution is 2.19. The predicted octanol–water partition coefficient (Wildman–Crippen LogP) is 3.83. The van der Waals surface area contributed by atoms with Gasteiger partial charge in [0.2, 0.25) is 5.91 Å². The van der Waals surface area contributed by atoms with Gasteiger partial charge in [-0.25, -0.2) is 0 Å². The first-order valence-electron chi connectivity index (χ1n) is 6.35. The van der Waals surface area contributed by atoms with Crippen molar-refractivity contribution < 1.29 is 4.79 Å². The van der Waals surface area contributed by atoms with E-state index in [1.54, 1.807) is 0 Å². The number of carbonyl (C=O) groups is 1. The van der Waals surface area contributed by atoms with Gasteiger partial charge in [-0.1, -0.05) is 30.3 Å². The second kappa shape index (κ2) is 6.79. The second-order valence-corrected chi connectivity index (χ2v) is 5.81. The fourth-order valence-electron chi connectivity index (χ4n) is 1.82. The molecule has 0 heterocycles. The van der Waals surface area contributed by atoms with Crippen LogP contribution in [0.25, 0.3) is 0 Å². The molecule has 0 N–H and O–H groups in total. The van der Waals surface area contributed by atoms with Gasteiger partial charge in [0.1, 0.15) is 0 Å². The van der Waals surface area contributed by atoms with Gasteiger partial charge in [-0.15, -0.1) is 11.6 Å². The fourth-order valence-corrected chi connectivity index (χ4v) is 1.95. The van der Waals surface area contributed by atoms with Crippen molar-refractivity contribution in [3.05, 3.63) is 35.9 Å². The van der Waals surface area contributed by atoms with Crippen LogP contribution in [-0.4, -0.2) is 22.2 Å². The van der Waals surface area contributed by atoms with E-state index in [0.717, 1.165) is 12.0 Å². The maximum Gasteiger partial charge on any atom is 0.223 e. The highest BCUT2D eigenvalue weighted by Gasteiger charge is 2.25. The van der Waals surface area contributed by atoms with Crippen molar-refractivity contribution >= 4 is 17.5 Å². The van der Waals surface area contributed by atoms with E-state index < -0.39 is 0 Å². The van der Waals surface area contributed by atoms with Crippen LogP contribution in [0, 0.1) is 0 Å². The minimum absolute atomic E-state index is 0.167. The van der Waals surface area contributed by atoms with Crippen LogP contribution in [0.4, 0.5) is 0 Å². The summed E-state index contributed by atoms with van der Waals surface area (Å²) in [5.74, 6) is 0.710. The lowest BCUT2D eigenvalue weighted by Crippen LogP contribution is -2.45. The van der Waals surface area contributed by atoms with Gasteiger partial charge in [-0.05, 0) is 32.8 Å². The van der Waals surface area contributed by atoms with Crippen LogP contribution in [-0.2, 0) is 11.3 Å². The SMILES string of the molecule is CC(C)(C)N(Cc1ccccc1)C(=O)CCCCl. The van der Waals surface area contributed by atoms with Gasteiger partial charge in [0.05, 0.1) is 0 Å². The number of amides is 1. The lowest BCUT2D eigenvalue weighted by molar-refractivity contribution is -0.136. The van der Waals surface area contributed by atoms with Crippen molar-refractivity contribution in [1.82, 2.24) is 4.90 Å². The molecule has 0 aliphatic heterocycles. The second-order valence-electron chi connectivity index (χ2n) is 5.43. The van der Waals surface area contributed by atoms with Gasteiger partial charge in [0, 0.05) is 24.4 Å². The minimum Gasteiger partial charge on any atom is -0.334 e. The average Bonchev–Trinajstić information content (AvgIpc) is 2.33. The molecule has 0 bridgehead atoms. The molecule has 0 fully saturated rings. The summed E-state index contributed by atoms with van der Waals surface area (Å²) in [5.41, 5.74) is 0.992. The first kappa shape index (κ1) is 15.0. The normalized spacial score (nSPS) is 11.3. The maximum atomic E-state index is 12.2. The Kier molecular flexibility index (Phi) is 5.67. The summed E-state index contributed by atoms with van der Waals surface area (Å²) in [6.45, 7) is 6.85. The zero-order valence-corrected chi connectivity index (χ0v) is 12.2. The van der Waals surface area contributed by atoms with Gasteiger partial charge in [-0.3, -0.25) is 4.79 Å². The maximum absolute atomic E-state index is 12.2. The Morgan fingerprint density at radius 3 is 2.33 bits per heavy atom. The number of hydrogen-bond donors (Lipinski definition) is 0. The van der Waals surface area contributed by atoms with Gasteiger partial charge in [-0.2, -0.15) is 0 Å². The lowest BCUT2D eigenvalue weighted by Gasteiger charge is -2.36. The third-order valence-electron chi connectivity index (χ3n) is 2.82. The standard InChI is InChI=1S/C15H22ClNO/c1-15(2,3)17(14(18)10-7-11-16)12-13-8-5-4-6-9-13/h4-6,8-9H,7,10-12H2,1-3H3. The van der Waals surface area contributed by atoms with E-state index >= 15 is 0 Å². The summed E-state index contributed by atoms with van der Waals surface area (Å²) in [4.78, 5) is 14.1. The van der Waals surface area contributed by atoms with E-state index in [1.165, 1.54) is 0 Å². The first-order chi connectivity index (χ1) is 8.45. The molecule has 0 atom stereocenters. The van der Waals surface area contributed by atoms with Crippen LogP contribution >= 0.6 is 11.6 Å². The summed E-state index contributed by atoms with van der Waals surface area (Å²) in [7, 11) is 0. The van der Waals surface area contributed by atoms with Crippen LogP contribution < -0.4 is 0 Å². The quantitative estimate of drug-likeness (QED) is 0.743. The summed E-state index contributed by atoms with van der Waals surface area (Å²) in [6, 6.07) is 10.1. The first-order valence-corrected chi connectivity index (χ1v) is 6.89.